The Labute approximate surface area is 90.9 Å². The molecule has 1 unspecified atom stereocenters. The van der Waals surface area contributed by atoms with Gasteiger partial charge in [0.05, 0.1) is 5.60 Å². The summed E-state index contributed by atoms with van der Waals surface area (Å²) in [6.45, 7) is 1.71. The van der Waals surface area contributed by atoms with Crippen molar-refractivity contribution in [3.05, 3.63) is 35.9 Å². The van der Waals surface area contributed by atoms with Crippen LogP contribution in [0.4, 0.5) is 0 Å². The predicted molar refractivity (Wildman–Crippen MR) is 60.7 cm³/mol. The molecule has 1 atom stereocenters. The number of aldehydes is 1. The van der Waals surface area contributed by atoms with Gasteiger partial charge in [-0.3, -0.25) is 0 Å². The average Bonchev–Trinajstić information content (AvgIpc) is 2.19. The van der Waals surface area contributed by atoms with Crippen molar-refractivity contribution < 1.29 is 9.90 Å². The lowest BCUT2D eigenvalue weighted by Crippen LogP contribution is -2.24. The Kier molecular flexibility index (Phi) is 4.50. The van der Waals surface area contributed by atoms with E-state index < -0.39 is 5.60 Å². The van der Waals surface area contributed by atoms with E-state index >= 15 is 0 Å². The van der Waals surface area contributed by atoms with Crippen LogP contribution >= 0.6 is 0 Å². The number of aliphatic hydroxyl groups is 1. The van der Waals surface area contributed by atoms with E-state index in [1.54, 1.807) is 6.92 Å². The Balaban J connectivity index is 2.30. The van der Waals surface area contributed by atoms with Crippen LogP contribution in [0, 0.1) is 0 Å². The summed E-state index contributed by atoms with van der Waals surface area (Å²) in [6, 6.07) is 10.2. The first kappa shape index (κ1) is 11.9. The summed E-state index contributed by atoms with van der Waals surface area (Å²) >= 11 is 0. The standard InChI is InChI=1S/C13H18O2/c1-13(15,10-11-14)9-5-8-12-6-3-2-4-7-12/h2-4,6-7,11,15H,5,8-10H2,1H3. The van der Waals surface area contributed by atoms with E-state index in [0.29, 0.717) is 6.42 Å². The number of hydrogen-bond acceptors (Lipinski definition) is 2. The number of rotatable bonds is 6. The minimum atomic E-state index is -0.837. The molecule has 0 heterocycles. The molecule has 0 aliphatic rings. The highest BCUT2D eigenvalue weighted by atomic mass is 16.3. The van der Waals surface area contributed by atoms with Gasteiger partial charge in [0.1, 0.15) is 6.29 Å². The van der Waals surface area contributed by atoms with Gasteiger partial charge < -0.3 is 9.90 Å². The maximum atomic E-state index is 10.3. The number of hydrogen-bond donors (Lipinski definition) is 1. The first-order valence-corrected chi connectivity index (χ1v) is 5.34. The van der Waals surface area contributed by atoms with E-state index in [4.69, 9.17) is 0 Å². The van der Waals surface area contributed by atoms with Gasteiger partial charge in [-0.2, -0.15) is 0 Å². The van der Waals surface area contributed by atoms with Crippen molar-refractivity contribution in [3.63, 3.8) is 0 Å². The Morgan fingerprint density at radius 2 is 2.00 bits per heavy atom. The van der Waals surface area contributed by atoms with Crippen LogP contribution in [0.5, 0.6) is 0 Å². The molecule has 0 aliphatic carbocycles. The molecule has 0 bridgehead atoms. The van der Waals surface area contributed by atoms with Crippen molar-refractivity contribution in [2.45, 2.75) is 38.2 Å². The second-order valence-electron chi connectivity index (χ2n) is 4.21. The van der Waals surface area contributed by atoms with Gasteiger partial charge in [0.2, 0.25) is 0 Å². The molecule has 0 saturated heterocycles. The minimum absolute atomic E-state index is 0.224. The largest absolute Gasteiger partial charge is 0.390 e. The minimum Gasteiger partial charge on any atom is -0.390 e. The van der Waals surface area contributed by atoms with Gasteiger partial charge in [-0.1, -0.05) is 30.3 Å². The number of aryl methyl sites for hydroxylation is 1. The second kappa shape index (κ2) is 5.66. The van der Waals surface area contributed by atoms with E-state index in [0.717, 1.165) is 19.1 Å². The third-order valence-corrected chi connectivity index (χ3v) is 2.55. The Bertz CT molecular complexity index is 291. The molecule has 0 saturated carbocycles. The maximum Gasteiger partial charge on any atom is 0.122 e. The van der Waals surface area contributed by atoms with Gasteiger partial charge in [-0.25, -0.2) is 0 Å². The molecule has 0 aromatic heterocycles. The molecule has 82 valence electrons. The molecule has 0 radical (unpaired) electrons. The molecule has 1 aromatic carbocycles. The molecule has 0 amide bonds. The zero-order valence-corrected chi connectivity index (χ0v) is 9.15. The molecule has 1 aromatic rings. The van der Waals surface area contributed by atoms with Crippen molar-refractivity contribution in [3.8, 4) is 0 Å². The molecule has 2 heteroatoms. The lowest BCUT2D eigenvalue weighted by Gasteiger charge is -2.19. The lowest BCUT2D eigenvalue weighted by molar-refractivity contribution is -0.112. The molecule has 0 aliphatic heterocycles. The van der Waals surface area contributed by atoms with Crippen molar-refractivity contribution in [1.82, 2.24) is 0 Å². The molecular weight excluding hydrogens is 188 g/mol. The zero-order valence-electron chi connectivity index (χ0n) is 9.15. The fourth-order valence-corrected chi connectivity index (χ4v) is 1.60. The summed E-state index contributed by atoms with van der Waals surface area (Å²) < 4.78 is 0. The van der Waals surface area contributed by atoms with Gasteiger partial charge in [-0.05, 0) is 31.7 Å². The molecule has 0 fully saturated rings. The number of benzene rings is 1. The van der Waals surface area contributed by atoms with Crippen LogP contribution in [-0.4, -0.2) is 17.0 Å². The van der Waals surface area contributed by atoms with Crippen LogP contribution in [-0.2, 0) is 11.2 Å². The van der Waals surface area contributed by atoms with Crippen molar-refractivity contribution >= 4 is 6.29 Å². The fraction of sp³-hybridized carbons (Fsp3) is 0.462. The highest BCUT2D eigenvalue weighted by Crippen LogP contribution is 2.17. The molecule has 2 nitrogen and oxygen atoms in total. The van der Waals surface area contributed by atoms with Gasteiger partial charge in [0.25, 0.3) is 0 Å². The van der Waals surface area contributed by atoms with E-state index in [-0.39, 0.29) is 6.42 Å². The smallest absolute Gasteiger partial charge is 0.122 e. The Morgan fingerprint density at radius 1 is 1.33 bits per heavy atom. The van der Waals surface area contributed by atoms with Crippen LogP contribution in [0.15, 0.2) is 30.3 Å². The van der Waals surface area contributed by atoms with Crippen molar-refractivity contribution in [1.29, 1.82) is 0 Å². The van der Waals surface area contributed by atoms with Gasteiger partial charge >= 0.3 is 0 Å². The summed E-state index contributed by atoms with van der Waals surface area (Å²) in [5.74, 6) is 0. The normalized spacial score (nSPS) is 14.5. The highest BCUT2D eigenvalue weighted by molar-refractivity contribution is 5.51. The van der Waals surface area contributed by atoms with E-state index in [9.17, 15) is 9.90 Å². The summed E-state index contributed by atoms with van der Waals surface area (Å²) in [6.07, 6.45) is 3.53. The van der Waals surface area contributed by atoms with Crippen molar-refractivity contribution in [2.24, 2.45) is 0 Å². The Morgan fingerprint density at radius 3 is 2.60 bits per heavy atom. The second-order valence-corrected chi connectivity index (χ2v) is 4.21. The molecule has 15 heavy (non-hydrogen) atoms. The van der Waals surface area contributed by atoms with Crippen molar-refractivity contribution in [2.75, 3.05) is 0 Å². The van der Waals surface area contributed by atoms with Crippen LogP contribution < -0.4 is 0 Å². The third-order valence-electron chi connectivity index (χ3n) is 2.55. The van der Waals surface area contributed by atoms with Crippen LogP contribution in [0.1, 0.15) is 31.7 Å². The molecule has 1 rings (SSSR count). The summed E-state index contributed by atoms with van der Waals surface area (Å²) in [5.41, 5.74) is 0.440. The van der Waals surface area contributed by atoms with E-state index in [1.807, 2.05) is 18.2 Å². The predicted octanol–water partition coefficient (Wildman–Crippen LogP) is 2.35. The fourth-order valence-electron chi connectivity index (χ4n) is 1.60. The SMILES string of the molecule is CC(O)(CC=O)CCCc1ccccc1. The van der Waals surface area contributed by atoms with Gasteiger partial charge in [0, 0.05) is 6.42 Å². The average molecular weight is 206 g/mol. The van der Waals surface area contributed by atoms with Gasteiger partial charge in [-0.15, -0.1) is 0 Å². The monoisotopic (exact) mass is 206 g/mol. The van der Waals surface area contributed by atoms with E-state index in [2.05, 4.69) is 12.1 Å². The van der Waals surface area contributed by atoms with Crippen LogP contribution in [0.25, 0.3) is 0 Å². The van der Waals surface area contributed by atoms with E-state index in [1.165, 1.54) is 5.56 Å². The lowest BCUT2D eigenvalue weighted by atomic mass is 9.94. The first-order valence-electron chi connectivity index (χ1n) is 5.34. The number of carbonyl (C=O) groups is 1. The topological polar surface area (TPSA) is 37.3 Å². The molecule has 0 spiro atoms. The third kappa shape index (κ3) is 4.75. The molecular formula is C13H18O2. The Hall–Kier alpha value is -1.15. The molecule has 1 N–H and O–H groups in total. The quantitative estimate of drug-likeness (QED) is 0.725. The summed E-state index contributed by atoms with van der Waals surface area (Å²) in [4.78, 5) is 10.3. The first-order chi connectivity index (χ1) is 7.14. The zero-order chi connectivity index (χ0) is 11.1. The summed E-state index contributed by atoms with van der Waals surface area (Å²) in [7, 11) is 0. The van der Waals surface area contributed by atoms with Gasteiger partial charge in [0.15, 0.2) is 0 Å². The highest BCUT2D eigenvalue weighted by Gasteiger charge is 2.18. The summed E-state index contributed by atoms with van der Waals surface area (Å²) in [5, 5.41) is 9.76. The number of carbonyl (C=O) groups excluding carboxylic acids is 1. The van der Waals surface area contributed by atoms with Crippen LogP contribution in [0.2, 0.25) is 0 Å². The maximum absolute atomic E-state index is 10.3. The van der Waals surface area contributed by atoms with Crippen LogP contribution in [0.3, 0.4) is 0 Å².